The molecule has 0 amide bonds. The Bertz CT molecular complexity index is 163. The minimum Gasteiger partial charge on any atom is -0.430 e. The summed E-state index contributed by atoms with van der Waals surface area (Å²) in [5, 5.41) is 3.09. The van der Waals surface area contributed by atoms with Crippen molar-refractivity contribution in [3.63, 3.8) is 0 Å². The van der Waals surface area contributed by atoms with Crippen molar-refractivity contribution in [1.29, 1.82) is 0 Å². The fraction of sp³-hybridized carbons (Fsp3) is 0.571. The third-order valence-electron chi connectivity index (χ3n) is 1.27. The van der Waals surface area contributed by atoms with Crippen molar-refractivity contribution < 1.29 is 9.53 Å². The van der Waals surface area contributed by atoms with Crippen LogP contribution in [0.2, 0.25) is 0 Å². The second-order valence-electron chi connectivity index (χ2n) is 2.23. The van der Waals surface area contributed by atoms with Gasteiger partial charge in [0.25, 0.3) is 0 Å². The molecule has 0 radical (unpaired) electrons. The summed E-state index contributed by atoms with van der Waals surface area (Å²) in [6.45, 7) is 3.07. The molecule has 1 rings (SSSR count). The van der Waals surface area contributed by atoms with E-state index >= 15 is 0 Å². The van der Waals surface area contributed by atoms with Gasteiger partial charge in [0.15, 0.2) is 0 Å². The zero-order valence-electron chi connectivity index (χ0n) is 6.02. The first kappa shape index (κ1) is 7.28. The van der Waals surface area contributed by atoms with Crippen molar-refractivity contribution in [1.82, 2.24) is 5.32 Å². The summed E-state index contributed by atoms with van der Waals surface area (Å²) < 4.78 is 4.85. The topological polar surface area (TPSA) is 38.3 Å². The van der Waals surface area contributed by atoms with E-state index in [4.69, 9.17) is 4.74 Å². The number of hydrogen-bond acceptors (Lipinski definition) is 3. The molecule has 0 saturated carbocycles. The standard InChI is InChI=1S/C7H11NO2/c1-6(9)10-7-3-2-4-8-5-7/h3,8H,2,4-5H2,1H3. The lowest BCUT2D eigenvalue weighted by Crippen LogP contribution is -2.24. The average Bonchev–Trinajstić information content (AvgIpc) is 1.88. The van der Waals surface area contributed by atoms with E-state index in [1.54, 1.807) is 0 Å². The molecule has 3 nitrogen and oxygen atoms in total. The molecular weight excluding hydrogens is 130 g/mol. The normalized spacial score (nSPS) is 17.9. The molecule has 0 saturated heterocycles. The smallest absolute Gasteiger partial charge is 0.307 e. The highest BCUT2D eigenvalue weighted by Gasteiger charge is 2.04. The molecule has 1 aliphatic heterocycles. The van der Waals surface area contributed by atoms with Gasteiger partial charge >= 0.3 is 5.97 Å². The Morgan fingerprint density at radius 2 is 2.60 bits per heavy atom. The molecule has 3 heteroatoms. The van der Waals surface area contributed by atoms with Gasteiger partial charge in [-0.1, -0.05) is 0 Å². The predicted octanol–water partition coefficient (Wildman–Crippen LogP) is 0.427. The van der Waals surface area contributed by atoms with Crippen LogP contribution in [0, 0.1) is 0 Å². The van der Waals surface area contributed by atoms with Gasteiger partial charge in [-0.2, -0.15) is 0 Å². The molecule has 0 aromatic carbocycles. The zero-order valence-corrected chi connectivity index (χ0v) is 6.02. The highest BCUT2D eigenvalue weighted by molar-refractivity contribution is 5.67. The third-order valence-corrected chi connectivity index (χ3v) is 1.27. The molecule has 10 heavy (non-hydrogen) atoms. The van der Waals surface area contributed by atoms with E-state index in [0.717, 1.165) is 18.7 Å². The van der Waals surface area contributed by atoms with Gasteiger partial charge < -0.3 is 10.1 Å². The van der Waals surface area contributed by atoms with Gasteiger partial charge in [0, 0.05) is 6.92 Å². The molecule has 0 bridgehead atoms. The lowest BCUT2D eigenvalue weighted by Gasteiger charge is -2.12. The molecule has 0 unspecified atom stereocenters. The Hall–Kier alpha value is -0.830. The molecule has 1 N–H and O–H groups in total. The Balaban J connectivity index is 2.38. The van der Waals surface area contributed by atoms with Crippen LogP contribution in [0.25, 0.3) is 0 Å². The van der Waals surface area contributed by atoms with Gasteiger partial charge in [-0.05, 0) is 19.0 Å². The number of carbonyl (C=O) groups excluding carboxylic acids is 1. The summed E-state index contributed by atoms with van der Waals surface area (Å²) in [5.41, 5.74) is 0. The summed E-state index contributed by atoms with van der Waals surface area (Å²) in [4.78, 5) is 10.4. The van der Waals surface area contributed by atoms with E-state index < -0.39 is 0 Å². The molecule has 0 fully saturated rings. The summed E-state index contributed by atoms with van der Waals surface area (Å²) in [6, 6.07) is 0. The van der Waals surface area contributed by atoms with Crippen LogP contribution < -0.4 is 5.32 Å². The van der Waals surface area contributed by atoms with E-state index in [1.165, 1.54) is 6.92 Å². The second-order valence-corrected chi connectivity index (χ2v) is 2.23. The first-order valence-electron chi connectivity index (χ1n) is 3.37. The van der Waals surface area contributed by atoms with E-state index in [0.29, 0.717) is 6.54 Å². The molecule has 1 aliphatic rings. The van der Waals surface area contributed by atoms with Crippen molar-refractivity contribution in [3.8, 4) is 0 Å². The molecule has 0 aromatic heterocycles. The van der Waals surface area contributed by atoms with Crippen LogP contribution in [0.4, 0.5) is 0 Å². The lowest BCUT2D eigenvalue weighted by molar-refractivity contribution is -0.137. The number of nitrogens with one attached hydrogen (secondary N) is 1. The van der Waals surface area contributed by atoms with Crippen LogP contribution in [-0.2, 0) is 9.53 Å². The van der Waals surface area contributed by atoms with Crippen LogP contribution >= 0.6 is 0 Å². The van der Waals surface area contributed by atoms with Crippen LogP contribution in [0.5, 0.6) is 0 Å². The van der Waals surface area contributed by atoms with Gasteiger partial charge in [-0.15, -0.1) is 0 Å². The van der Waals surface area contributed by atoms with Gasteiger partial charge in [0.1, 0.15) is 5.76 Å². The second kappa shape index (κ2) is 3.37. The first-order valence-corrected chi connectivity index (χ1v) is 3.37. The van der Waals surface area contributed by atoms with Crippen LogP contribution in [0.1, 0.15) is 13.3 Å². The maximum absolute atomic E-state index is 10.4. The molecule has 0 aliphatic carbocycles. The number of hydrogen-bond donors (Lipinski definition) is 1. The number of esters is 1. The Labute approximate surface area is 60.1 Å². The monoisotopic (exact) mass is 141 g/mol. The number of carbonyl (C=O) groups is 1. The Kier molecular flexibility index (Phi) is 2.45. The van der Waals surface area contributed by atoms with Crippen LogP contribution in [0.3, 0.4) is 0 Å². The van der Waals surface area contributed by atoms with Gasteiger partial charge in [0.05, 0.1) is 6.54 Å². The van der Waals surface area contributed by atoms with Crippen molar-refractivity contribution >= 4 is 5.97 Å². The summed E-state index contributed by atoms with van der Waals surface area (Å²) in [6.07, 6.45) is 2.89. The Morgan fingerprint density at radius 3 is 3.10 bits per heavy atom. The minimum atomic E-state index is -0.241. The molecule has 56 valence electrons. The third kappa shape index (κ3) is 2.19. The highest BCUT2D eigenvalue weighted by Crippen LogP contribution is 2.02. The molecule has 0 spiro atoms. The number of rotatable bonds is 1. The van der Waals surface area contributed by atoms with Gasteiger partial charge in [0.2, 0.25) is 0 Å². The van der Waals surface area contributed by atoms with Crippen molar-refractivity contribution in [2.45, 2.75) is 13.3 Å². The molecule has 1 heterocycles. The van der Waals surface area contributed by atoms with E-state index in [1.807, 2.05) is 6.08 Å². The van der Waals surface area contributed by atoms with Crippen LogP contribution in [-0.4, -0.2) is 19.1 Å². The van der Waals surface area contributed by atoms with Crippen LogP contribution in [0.15, 0.2) is 11.8 Å². The SMILES string of the molecule is CC(=O)OC1=CCCNC1. The molecular formula is C7H11NO2. The number of ether oxygens (including phenoxy) is 1. The fourth-order valence-electron chi connectivity index (χ4n) is 0.881. The van der Waals surface area contributed by atoms with E-state index in [-0.39, 0.29) is 5.97 Å². The van der Waals surface area contributed by atoms with E-state index in [2.05, 4.69) is 5.32 Å². The summed E-state index contributed by atoms with van der Waals surface area (Å²) in [7, 11) is 0. The average molecular weight is 141 g/mol. The van der Waals surface area contributed by atoms with E-state index in [9.17, 15) is 4.79 Å². The summed E-state index contributed by atoms with van der Waals surface area (Å²) in [5.74, 6) is 0.508. The van der Waals surface area contributed by atoms with Crippen molar-refractivity contribution in [2.24, 2.45) is 0 Å². The van der Waals surface area contributed by atoms with Gasteiger partial charge in [-0.25, -0.2) is 0 Å². The van der Waals surface area contributed by atoms with Crippen molar-refractivity contribution in [3.05, 3.63) is 11.8 Å². The quantitative estimate of drug-likeness (QED) is 0.538. The largest absolute Gasteiger partial charge is 0.430 e. The molecule has 0 atom stereocenters. The van der Waals surface area contributed by atoms with Gasteiger partial charge in [-0.3, -0.25) is 4.79 Å². The highest BCUT2D eigenvalue weighted by atomic mass is 16.5. The maximum Gasteiger partial charge on any atom is 0.307 e. The van der Waals surface area contributed by atoms with Crippen molar-refractivity contribution in [2.75, 3.05) is 13.1 Å². The minimum absolute atomic E-state index is 0.241. The Morgan fingerprint density at radius 1 is 1.80 bits per heavy atom. The predicted molar refractivity (Wildman–Crippen MR) is 37.3 cm³/mol. The molecule has 0 aromatic rings. The zero-order chi connectivity index (χ0) is 7.40. The maximum atomic E-state index is 10.4. The lowest BCUT2D eigenvalue weighted by atomic mass is 10.3. The first-order chi connectivity index (χ1) is 4.79. The fourth-order valence-corrected chi connectivity index (χ4v) is 0.881. The summed E-state index contributed by atoms with van der Waals surface area (Å²) >= 11 is 0.